The van der Waals surface area contributed by atoms with Gasteiger partial charge in [0.25, 0.3) is 11.5 Å². The van der Waals surface area contributed by atoms with E-state index in [9.17, 15) is 19.5 Å². The summed E-state index contributed by atoms with van der Waals surface area (Å²) in [4.78, 5) is 43.6. The average Bonchev–Trinajstić information content (AvgIpc) is 3.09. The van der Waals surface area contributed by atoms with E-state index < -0.39 is 11.0 Å². The lowest BCUT2D eigenvalue weighted by Gasteiger charge is -2.44. The zero-order valence-electron chi connectivity index (χ0n) is 15.6. The fourth-order valence-corrected chi connectivity index (χ4v) is 5.07. The lowest BCUT2D eigenvalue weighted by Crippen LogP contribution is -2.54. The van der Waals surface area contributed by atoms with Crippen LogP contribution in [0.1, 0.15) is 61.7 Å². The molecule has 7 nitrogen and oxygen atoms in total. The zero-order chi connectivity index (χ0) is 19.0. The molecule has 3 aliphatic rings. The van der Waals surface area contributed by atoms with Crippen LogP contribution >= 0.6 is 0 Å². The third-order valence-corrected chi connectivity index (χ3v) is 6.56. The van der Waals surface area contributed by atoms with E-state index in [1.165, 1.54) is 25.5 Å². The van der Waals surface area contributed by atoms with Crippen molar-refractivity contribution in [3.63, 3.8) is 0 Å². The number of carbonyl (C=O) groups is 2. The number of hydrogen-bond donors (Lipinski definition) is 2. The quantitative estimate of drug-likeness (QED) is 0.827. The lowest BCUT2D eigenvalue weighted by atomic mass is 9.77. The monoisotopic (exact) mass is 373 g/mol. The number of carbonyl (C=O) groups excluding carboxylic acids is 2. The van der Waals surface area contributed by atoms with Crippen LogP contribution in [0.25, 0.3) is 0 Å². The van der Waals surface area contributed by atoms with Crippen molar-refractivity contribution in [1.82, 2.24) is 14.8 Å². The van der Waals surface area contributed by atoms with Crippen molar-refractivity contribution in [1.29, 1.82) is 0 Å². The van der Waals surface area contributed by atoms with E-state index >= 15 is 0 Å². The molecule has 3 heterocycles. The Labute approximate surface area is 158 Å². The molecule has 2 saturated heterocycles. The zero-order valence-corrected chi connectivity index (χ0v) is 15.6. The number of rotatable bonds is 2. The molecular formula is C20H27N3O4. The number of aromatic hydroxyl groups is 1. The summed E-state index contributed by atoms with van der Waals surface area (Å²) < 4.78 is 0. The normalized spacial score (nSPS) is 26.7. The topological polar surface area (TPSA) is 93.7 Å². The smallest absolute Gasteiger partial charge is 0.259 e. The highest BCUT2D eigenvalue weighted by molar-refractivity contribution is 5.97. The Bertz CT molecular complexity index is 799. The molecule has 2 aliphatic heterocycles. The molecular weight excluding hydrogens is 346 g/mol. The molecule has 4 rings (SSSR count). The molecule has 3 fully saturated rings. The minimum atomic E-state index is -0.483. The van der Waals surface area contributed by atoms with E-state index in [2.05, 4.69) is 9.88 Å². The molecule has 2 amide bonds. The molecule has 146 valence electrons. The first-order valence-electron chi connectivity index (χ1n) is 10.0. The van der Waals surface area contributed by atoms with Gasteiger partial charge in [-0.1, -0.05) is 19.3 Å². The number of aromatic nitrogens is 1. The van der Waals surface area contributed by atoms with Crippen molar-refractivity contribution < 1.29 is 14.7 Å². The Hall–Kier alpha value is -2.31. The summed E-state index contributed by atoms with van der Waals surface area (Å²) in [5.41, 5.74) is -0.852. The van der Waals surface area contributed by atoms with E-state index in [0.717, 1.165) is 38.3 Å². The first kappa shape index (κ1) is 18.1. The number of piperidine rings is 1. The van der Waals surface area contributed by atoms with Crippen molar-refractivity contribution in [2.24, 2.45) is 5.41 Å². The first-order chi connectivity index (χ1) is 13.0. The summed E-state index contributed by atoms with van der Waals surface area (Å²) in [5, 5.41) is 9.95. The van der Waals surface area contributed by atoms with Crippen LogP contribution in [-0.2, 0) is 4.79 Å². The predicted molar refractivity (Wildman–Crippen MR) is 99.5 cm³/mol. The maximum atomic E-state index is 13.4. The molecule has 0 unspecified atom stereocenters. The van der Waals surface area contributed by atoms with Gasteiger partial charge in [-0.25, -0.2) is 0 Å². The predicted octanol–water partition coefficient (Wildman–Crippen LogP) is 1.87. The number of amides is 2. The molecule has 1 aliphatic carbocycles. The molecule has 27 heavy (non-hydrogen) atoms. The molecule has 0 bridgehead atoms. The molecule has 2 N–H and O–H groups in total. The summed E-state index contributed by atoms with van der Waals surface area (Å²) >= 11 is 0. The molecule has 7 heteroatoms. The number of nitrogens with one attached hydrogen (secondary N) is 1. The fraction of sp³-hybridized carbons (Fsp3) is 0.650. The SMILES string of the molecule is O=C(c1c[nH]c(=O)cc1O)N1CC[C@]2(CCCN(C3CCCCC3)C2=O)C1. The number of H-pyrrole nitrogens is 1. The minimum absolute atomic E-state index is 0.0824. The number of aromatic amines is 1. The van der Waals surface area contributed by atoms with Crippen LogP contribution in [0.4, 0.5) is 0 Å². The molecule has 1 aromatic heterocycles. The van der Waals surface area contributed by atoms with Gasteiger partial charge in [0.05, 0.1) is 11.0 Å². The van der Waals surface area contributed by atoms with Crippen molar-refractivity contribution in [3.05, 3.63) is 28.2 Å². The Balaban J connectivity index is 1.51. The molecule has 1 atom stereocenters. The van der Waals surface area contributed by atoms with Crippen molar-refractivity contribution in [2.45, 2.75) is 57.4 Å². The third kappa shape index (κ3) is 3.24. The Morgan fingerprint density at radius 1 is 1.11 bits per heavy atom. The Morgan fingerprint density at radius 3 is 2.63 bits per heavy atom. The molecule has 0 aromatic carbocycles. The van der Waals surface area contributed by atoms with Crippen LogP contribution in [-0.4, -0.2) is 57.4 Å². The minimum Gasteiger partial charge on any atom is -0.507 e. The molecule has 0 radical (unpaired) electrons. The highest BCUT2D eigenvalue weighted by atomic mass is 16.3. The summed E-state index contributed by atoms with van der Waals surface area (Å²) in [6.45, 7) is 1.73. The summed E-state index contributed by atoms with van der Waals surface area (Å²) in [6, 6.07) is 1.37. The van der Waals surface area contributed by atoms with Crippen LogP contribution in [0.5, 0.6) is 5.75 Å². The third-order valence-electron chi connectivity index (χ3n) is 6.56. The second-order valence-corrected chi connectivity index (χ2v) is 8.25. The maximum absolute atomic E-state index is 13.4. The highest BCUT2D eigenvalue weighted by Crippen LogP contribution is 2.42. The second kappa shape index (κ2) is 7.02. The Morgan fingerprint density at radius 2 is 1.89 bits per heavy atom. The largest absolute Gasteiger partial charge is 0.507 e. The molecule has 1 saturated carbocycles. The summed E-state index contributed by atoms with van der Waals surface area (Å²) in [5.74, 6) is -0.437. The van der Waals surface area contributed by atoms with Crippen LogP contribution in [0.3, 0.4) is 0 Å². The van der Waals surface area contributed by atoms with Gasteiger partial charge < -0.3 is 19.9 Å². The average molecular weight is 373 g/mol. The van der Waals surface area contributed by atoms with Gasteiger partial charge in [-0.2, -0.15) is 0 Å². The van der Waals surface area contributed by atoms with E-state index in [-0.39, 0.29) is 23.1 Å². The number of pyridine rings is 1. The van der Waals surface area contributed by atoms with Gasteiger partial charge in [0.1, 0.15) is 5.75 Å². The van der Waals surface area contributed by atoms with Crippen molar-refractivity contribution in [2.75, 3.05) is 19.6 Å². The van der Waals surface area contributed by atoms with E-state index in [1.54, 1.807) is 4.90 Å². The van der Waals surface area contributed by atoms with Gasteiger partial charge in [-0.05, 0) is 32.1 Å². The summed E-state index contributed by atoms with van der Waals surface area (Å²) in [7, 11) is 0. The second-order valence-electron chi connectivity index (χ2n) is 8.25. The van der Waals surface area contributed by atoms with E-state index in [0.29, 0.717) is 25.6 Å². The van der Waals surface area contributed by atoms with E-state index in [4.69, 9.17) is 0 Å². The maximum Gasteiger partial charge on any atom is 0.259 e. The van der Waals surface area contributed by atoms with Crippen molar-refractivity contribution in [3.8, 4) is 5.75 Å². The van der Waals surface area contributed by atoms with Crippen LogP contribution in [0, 0.1) is 5.41 Å². The van der Waals surface area contributed by atoms with Gasteiger partial charge in [-0.3, -0.25) is 14.4 Å². The van der Waals surface area contributed by atoms with E-state index in [1.807, 2.05) is 0 Å². The van der Waals surface area contributed by atoms with Gasteiger partial charge in [0.15, 0.2) is 0 Å². The number of nitrogens with zero attached hydrogens (tertiary/aromatic N) is 2. The standard InChI is InChI=1S/C20H27N3O4/c24-16-11-17(25)21-12-15(16)18(26)22-10-8-20(13-22)7-4-9-23(19(20)27)14-5-2-1-3-6-14/h11-12,14H,1-10,13H2,(H2,21,24,25)/t20-/m1/s1. The van der Waals surface area contributed by atoms with Crippen LogP contribution in [0.15, 0.2) is 17.1 Å². The van der Waals surface area contributed by atoms with Gasteiger partial charge >= 0.3 is 0 Å². The number of likely N-dealkylation sites (tertiary alicyclic amines) is 2. The van der Waals surface area contributed by atoms with Gasteiger partial charge in [0, 0.05) is 37.9 Å². The van der Waals surface area contributed by atoms with Crippen molar-refractivity contribution >= 4 is 11.8 Å². The van der Waals surface area contributed by atoms with Crippen LogP contribution < -0.4 is 5.56 Å². The van der Waals surface area contributed by atoms with Gasteiger partial charge in [0.2, 0.25) is 5.91 Å². The molecule has 1 spiro atoms. The number of hydrogen-bond acceptors (Lipinski definition) is 4. The highest BCUT2D eigenvalue weighted by Gasteiger charge is 2.50. The lowest BCUT2D eigenvalue weighted by molar-refractivity contribution is -0.149. The van der Waals surface area contributed by atoms with Crippen LogP contribution in [0.2, 0.25) is 0 Å². The van der Waals surface area contributed by atoms with Gasteiger partial charge in [-0.15, -0.1) is 0 Å². The molecule has 1 aromatic rings. The fourth-order valence-electron chi connectivity index (χ4n) is 5.07. The summed E-state index contributed by atoms with van der Waals surface area (Å²) in [6.07, 6.45) is 9.55. The Kier molecular flexibility index (Phi) is 4.70. The first-order valence-corrected chi connectivity index (χ1v) is 10.0.